The van der Waals surface area contributed by atoms with Crippen LogP contribution in [-0.4, -0.2) is 34.2 Å². The molecule has 130 valence electrons. The molecule has 1 amide bonds. The predicted molar refractivity (Wildman–Crippen MR) is 90.9 cm³/mol. The topological polar surface area (TPSA) is 59.4 Å². The van der Waals surface area contributed by atoms with Gasteiger partial charge in [-0.25, -0.2) is 4.39 Å². The van der Waals surface area contributed by atoms with Crippen molar-refractivity contribution in [2.45, 2.75) is 25.3 Å². The van der Waals surface area contributed by atoms with Gasteiger partial charge in [-0.1, -0.05) is 6.07 Å². The fraction of sp³-hybridized carbons (Fsp3) is 0.316. The van der Waals surface area contributed by atoms with E-state index in [-0.39, 0.29) is 11.5 Å². The smallest absolute Gasteiger partial charge is 0.253 e. The average Bonchev–Trinajstić information content (AvgIpc) is 2.64. The van der Waals surface area contributed by atoms with Crippen molar-refractivity contribution in [1.82, 2.24) is 9.47 Å². The number of amides is 1. The van der Waals surface area contributed by atoms with E-state index in [0.29, 0.717) is 13.1 Å². The van der Waals surface area contributed by atoms with Crippen molar-refractivity contribution in [3.63, 3.8) is 0 Å². The van der Waals surface area contributed by atoms with E-state index in [1.165, 1.54) is 36.5 Å². The molecular formula is C19H19FN2O3. The van der Waals surface area contributed by atoms with E-state index in [2.05, 4.69) is 0 Å². The molecule has 0 aliphatic carbocycles. The van der Waals surface area contributed by atoms with Crippen LogP contribution < -0.4 is 5.56 Å². The summed E-state index contributed by atoms with van der Waals surface area (Å²) >= 11 is 0. The van der Waals surface area contributed by atoms with Crippen LogP contribution in [0.15, 0.2) is 53.5 Å². The number of carbonyl (C=O) groups excluding carboxylic acids is 2. The number of rotatable bonds is 4. The fourth-order valence-electron chi connectivity index (χ4n) is 3.07. The molecule has 1 aliphatic heterocycles. The van der Waals surface area contributed by atoms with Crippen molar-refractivity contribution >= 4 is 11.7 Å². The number of pyridine rings is 1. The van der Waals surface area contributed by atoms with Gasteiger partial charge in [-0.3, -0.25) is 19.0 Å². The molecule has 1 aromatic carbocycles. The highest BCUT2D eigenvalue weighted by Crippen LogP contribution is 2.20. The first kappa shape index (κ1) is 17.1. The van der Waals surface area contributed by atoms with Gasteiger partial charge in [-0.2, -0.15) is 0 Å². The van der Waals surface area contributed by atoms with Crippen LogP contribution in [-0.2, 0) is 4.79 Å². The van der Waals surface area contributed by atoms with E-state index in [1.807, 2.05) is 0 Å². The first-order valence-electron chi connectivity index (χ1n) is 8.33. The summed E-state index contributed by atoms with van der Waals surface area (Å²) in [6.45, 7) is 1.15. The lowest BCUT2D eigenvalue weighted by atomic mass is 10.0. The monoisotopic (exact) mass is 342 g/mol. The minimum Gasteiger partial charge on any atom is -0.340 e. The van der Waals surface area contributed by atoms with Crippen LogP contribution in [0.2, 0.25) is 0 Å². The lowest BCUT2D eigenvalue weighted by Crippen LogP contribution is -2.45. The number of aromatic nitrogens is 1. The summed E-state index contributed by atoms with van der Waals surface area (Å²) in [6, 6.07) is 8.22. The number of piperidine rings is 1. The van der Waals surface area contributed by atoms with Gasteiger partial charge in [-0.15, -0.1) is 0 Å². The van der Waals surface area contributed by atoms with E-state index in [1.54, 1.807) is 17.0 Å². The van der Waals surface area contributed by atoms with Crippen LogP contribution in [0.3, 0.4) is 0 Å². The number of nitrogens with zero attached hydrogens (tertiary/aromatic N) is 2. The lowest BCUT2D eigenvalue weighted by molar-refractivity contribution is -0.134. The maximum atomic E-state index is 13.1. The molecule has 1 aromatic heterocycles. The normalized spacial score (nSPS) is 15.6. The van der Waals surface area contributed by atoms with Crippen molar-refractivity contribution in [2.24, 2.45) is 0 Å². The Hall–Kier alpha value is -2.76. The molecule has 2 aromatic rings. The highest BCUT2D eigenvalue weighted by atomic mass is 19.1. The van der Waals surface area contributed by atoms with Gasteiger partial charge < -0.3 is 4.90 Å². The molecule has 25 heavy (non-hydrogen) atoms. The molecule has 6 heteroatoms. The Kier molecular flexibility index (Phi) is 5.07. The molecule has 0 radical (unpaired) electrons. The number of likely N-dealkylation sites (tertiary alicyclic amines) is 1. The summed E-state index contributed by atoms with van der Waals surface area (Å²) in [5.41, 5.74) is -0.221. The quantitative estimate of drug-likeness (QED) is 0.633. The summed E-state index contributed by atoms with van der Waals surface area (Å²) in [4.78, 5) is 39.8. The van der Waals surface area contributed by atoms with Gasteiger partial charge in [0.25, 0.3) is 11.5 Å². The number of halogens is 1. The number of hydrogen-bond acceptors (Lipinski definition) is 3. The molecule has 1 fully saturated rings. The summed E-state index contributed by atoms with van der Waals surface area (Å²) in [5.74, 6) is -1.36. The number of Topliss-reactive ketones (excluding diaryl/α,β-unsaturated/α-hetero) is 1. The van der Waals surface area contributed by atoms with Gasteiger partial charge in [0.2, 0.25) is 0 Å². The summed E-state index contributed by atoms with van der Waals surface area (Å²) in [5, 5.41) is 0. The first-order chi connectivity index (χ1) is 12.1. The van der Waals surface area contributed by atoms with E-state index in [9.17, 15) is 18.8 Å². The van der Waals surface area contributed by atoms with Gasteiger partial charge in [-0.05, 0) is 49.6 Å². The zero-order valence-corrected chi connectivity index (χ0v) is 13.7. The Morgan fingerprint density at radius 2 is 1.64 bits per heavy atom. The molecule has 1 saturated heterocycles. The second-order valence-corrected chi connectivity index (χ2v) is 6.11. The Labute approximate surface area is 144 Å². The third-order valence-corrected chi connectivity index (χ3v) is 4.41. The average molecular weight is 342 g/mol. The Morgan fingerprint density at radius 1 is 0.960 bits per heavy atom. The fourth-order valence-corrected chi connectivity index (χ4v) is 3.07. The maximum Gasteiger partial charge on any atom is 0.253 e. The molecule has 0 spiro atoms. The van der Waals surface area contributed by atoms with E-state index < -0.39 is 23.2 Å². The summed E-state index contributed by atoms with van der Waals surface area (Å²) in [7, 11) is 0. The van der Waals surface area contributed by atoms with E-state index in [4.69, 9.17) is 0 Å². The number of ketones is 1. The van der Waals surface area contributed by atoms with Gasteiger partial charge in [0.05, 0.1) is 0 Å². The van der Waals surface area contributed by atoms with Gasteiger partial charge >= 0.3 is 0 Å². The maximum absolute atomic E-state index is 13.1. The highest BCUT2D eigenvalue weighted by Gasteiger charge is 2.34. The molecule has 5 nitrogen and oxygen atoms in total. The molecule has 2 heterocycles. The zero-order chi connectivity index (χ0) is 17.8. The van der Waals surface area contributed by atoms with Crippen LogP contribution in [0.4, 0.5) is 4.39 Å². The van der Waals surface area contributed by atoms with Crippen LogP contribution in [0.5, 0.6) is 0 Å². The number of hydrogen-bond donors (Lipinski definition) is 0. The minimum atomic E-state index is -1.27. The zero-order valence-electron chi connectivity index (χ0n) is 13.7. The third kappa shape index (κ3) is 3.68. The number of carbonyl (C=O) groups is 2. The molecule has 0 bridgehead atoms. The largest absolute Gasteiger partial charge is 0.340 e. The molecule has 1 atom stereocenters. The highest BCUT2D eigenvalue weighted by molar-refractivity contribution is 6.11. The summed E-state index contributed by atoms with van der Waals surface area (Å²) in [6.07, 6.45) is 4.25. The lowest BCUT2D eigenvalue weighted by Gasteiger charge is -2.30. The molecule has 0 unspecified atom stereocenters. The van der Waals surface area contributed by atoms with Crippen LogP contribution in [0, 0.1) is 5.82 Å². The van der Waals surface area contributed by atoms with Crippen LogP contribution in [0.1, 0.15) is 35.7 Å². The summed E-state index contributed by atoms with van der Waals surface area (Å²) < 4.78 is 14.3. The van der Waals surface area contributed by atoms with Crippen molar-refractivity contribution in [3.8, 4) is 0 Å². The minimum absolute atomic E-state index is 0.201. The van der Waals surface area contributed by atoms with Crippen molar-refractivity contribution in [3.05, 3.63) is 70.4 Å². The van der Waals surface area contributed by atoms with Crippen molar-refractivity contribution in [1.29, 1.82) is 0 Å². The molecule has 0 saturated carbocycles. The molecule has 1 aliphatic rings. The van der Waals surface area contributed by atoms with Gasteiger partial charge in [0.15, 0.2) is 11.8 Å². The Balaban J connectivity index is 2.00. The van der Waals surface area contributed by atoms with Gasteiger partial charge in [0.1, 0.15) is 5.82 Å². The third-order valence-electron chi connectivity index (χ3n) is 4.41. The predicted octanol–water partition coefficient (Wildman–Crippen LogP) is 2.42. The Morgan fingerprint density at radius 3 is 2.28 bits per heavy atom. The molecule has 3 rings (SSSR count). The standard InChI is InChI=1S/C19H19FN2O3/c20-15-9-7-14(8-10-15)18(24)17(22-13-5-2-6-16(22)23)19(25)21-11-3-1-4-12-21/h2,5-10,13,17H,1,3-4,11-12H2/t17-/m1/s1. The Bertz CT molecular complexity index is 823. The van der Waals surface area contributed by atoms with Crippen molar-refractivity contribution < 1.29 is 14.0 Å². The second-order valence-electron chi connectivity index (χ2n) is 6.11. The van der Waals surface area contributed by atoms with Gasteiger partial charge in [0, 0.05) is 30.9 Å². The van der Waals surface area contributed by atoms with Crippen molar-refractivity contribution in [2.75, 3.05) is 13.1 Å². The van der Waals surface area contributed by atoms with E-state index >= 15 is 0 Å². The van der Waals surface area contributed by atoms with Crippen LogP contribution >= 0.6 is 0 Å². The van der Waals surface area contributed by atoms with Crippen LogP contribution in [0.25, 0.3) is 0 Å². The SMILES string of the molecule is O=C(c1ccc(F)cc1)[C@H](C(=O)N1CCCCC1)n1ccccc1=O. The first-order valence-corrected chi connectivity index (χ1v) is 8.33. The van der Waals surface area contributed by atoms with E-state index in [0.717, 1.165) is 23.8 Å². The second kappa shape index (κ2) is 7.42. The molecular weight excluding hydrogens is 323 g/mol. The molecule has 0 N–H and O–H groups in total. The number of benzene rings is 1.